The van der Waals surface area contributed by atoms with Gasteiger partial charge < -0.3 is 15.7 Å². The molecule has 1 atom stereocenters. The van der Waals surface area contributed by atoms with Crippen molar-refractivity contribution >= 4 is 29.4 Å². The lowest BCUT2D eigenvalue weighted by Crippen LogP contribution is -2.33. The summed E-state index contributed by atoms with van der Waals surface area (Å²) in [7, 11) is 0. The minimum Gasteiger partial charge on any atom is -0.478 e. The molecule has 194 valence electrons. The molecule has 1 fully saturated rings. The van der Waals surface area contributed by atoms with Gasteiger partial charge in [-0.1, -0.05) is 55.7 Å². The number of carbonyl (C=O) groups is 2. The molecule has 5 nitrogen and oxygen atoms in total. The second kappa shape index (κ2) is 11.7. The molecule has 1 saturated carbocycles. The zero-order valence-electron chi connectivity index (χ0n) is 20.2. The van der Waals surface area contributed by atoms with E-state index in [1.165, 1.54) is 43.2 Å². The molecule has 3 N–H and O–H groups in total. The number of aromatic carboxylic acids is 1. The first-order valence-electron chi connectivity index (χ1n) is 12.0. The van der Waals surface area contributed by atoms with Crippen LogP contribution in [0.3, 0.4) is 0 Å². The number of carbonyl (C=O) groups excluding carboxylic acids is 1. The van der Waals surface area contributed by atoms with E-state index in [4.69, 9.17) is 0 Å². The van der Waals surface area contributed by atoms with E-state index < -0.39 is 46.1 Å². The van der Waals surface area contributed by atoms with Crippen molar-refractivity contribution in [3.63, 3.8) is 0 Å². The van der Waals surface area contributed by atoms with Gasteiger partial charge in [-0.05, 0) is 53.8 Å². The van der Waals surface area contributed by atoms with Gasteiger partial charge in [0.15, 0.2) is 11.6 Å². The molecule has 0 radical (unpaired) electrons. The number of carboxylic acid groups (broad SMARTS) is 1. The largest absolute Gasteiger partial charge is 0.478 e. The summed E-state index contributed by atoms with van der Waals surface area (Å²) in [5.74, 6) is -4.31. The average molecular weight is 529 g/mol. The van der Waals surface area contributed by atoms with Crippen LogP contribution in [-0.4, -0.2) is 23.4 Å². The van der Waals surface area contributed by atoms with Crippen molar-refractivity contribution in [3.05, 3.63) is 94.3 Å². The fourth-order valence-electron chi connectivity index (χ4n) is 4.72. The number of anilines is 1. The molecular weight excluding hydrogens is 501 g/mol. The highest BCUT2D eigenvalue weighted by molar-refractivity contribution is 7.98. The van der Waals surface area contributed by atoms with E-state index in [1.807, 2.05) is 24.3 Å². The van der Waals surface area contributed by atoms with Crippen molar-refractivity contribution in [2.75, 3.05) is 11.6 Å². The van der Waals surface area contributed by atoms with E-state index in [9.17, 15) is 27.9 Å². The topological polar surface area (TPSA) is 78.4 Å². The number of halogens is 3. The fourth-order valence-corrected chi connectivity index (χ4v) is 5.24. The van der Waals surface area contributed by atoms with Gasteiger partial charge in [-0.25, -0.2) is 22.8 Å². The molecule has 4 rings (SSSR count). The third-order valence-electron chi connectivity index (χ3n) is 6.68. The molecule has 0 bridgehead atoms. The van der Waals surface area contributed by atoms with Crippen molar-refractivity contribution in [2.45, 2.75) is 49.0 Å². The highest BCUT2D eigenvalue weighted by Gasteiger charge is 2.23. The number of urea groups is 1. The highest BCUT2D eigenvalue weighted by Crippen LogP contribution is 2.34. The first-order valence-corrected chi connectivity index (χ1v) is 13.2. The zero-order valence-corrected chi connectivity index (χ0v) is 21.0. The van der Waals surface area contributed by atoms with Crippen LogP contribution in [0.2, 0.25) is 0 Å². The van der Waals surface area contributed by atoms with Gasteiger partial charge in [0, 0.05) is 6.07 Å². The van der Waals surface area contributed by atoms with Crippen molar-refractivity contribution in [1.29, 1.82) is 0 Å². The lowest BCUT2D eigenvalue weighted by atomic mass is 9.83. The smallest absolute Gasteiger partial charge is 0.335 e. The van der Waals surface area contributed by atoms with Gasteiger partial charge >= 0.3 is 12.0 Å². The molecule has 0 aliphatic heterocycles. The molecular formula is C28H27F3N2O3S. The Kier molecular flexibility index (Phi) is 8.43. The molecule has 0 spiro atoms. The maximum atomic E-state index is 14.5. The zero-order chi connectivity index (χ0) is 26.5. The highest BCUT2D eigenvalue weighted by atomic mass is 32.2. The Morgan fingerprint density at radius 1 is 0.919 bits per heavy atom. The number of nitrogens with one attached hydrogen (secondary N) is 2. The van der Waals surface area contributed by atoms with Crippen molar-refractivity contribution in [2.24, 2.45) is 0 Å². The molecule has 0 aromatic heterocycles. The van der Waals surface area contributed by atoms with Gasteiger partial charge in [-0.15, -0.1) is 11.8 Å². The minimum atomic E-state index is -1.37. The normalized spacial score (nSPS) is 14.7. The fraction of sp³-hybridized carbons (Fsp3) is 0.286. The quantitative estimate of drug-likeness (QED) is 0.219. The second-order valence-electron chi connectivity index (χ2n) is 9.03. The second-order valence-corrected chi connectivity index (χ2v) is 9.84. The Hall–Kier alpha value is -3.46. The van der Waals surface area contributed by atoms with Gasteiger partial charge in [-0.2, -0.15) is 0 Å². The molecule has 2 amide bonds. The monoisotopic (exact) mass is 528 g/mol. The van der Waals surface area contributed by atoms with Crippen LogP contribution in [0, 0.1) is 17.5 Å². The number of carboxylic acids is 1. The van der Waals surface area contributed by atoms with Gasteiger partial charge in [0.2, 0.25) is 0 Å². The summed E-state index contributed by atoms with van der Waals surface area (Å²) >= 11 is 0.723. The summed E-state index contributed by atoms with van der Waals surface area (Å²) in [5, 5.41) is 14.1. The lowest BCUT2D eigenvalue weighted by molar-refractivity contribution is 0.0696. The number of hydrogen-bond acceptors (Lipinski definition) is 3. The molecule has 0 saturated heterocycles. The van der Waals surface area contributed by atoms with Crippen LogP contribution in [0.1, 0.15) is 71.1 Å². The number of thioether (sulfide) groups is 1. The maximum Gasteiger partial charge on any atom is 0.335 e. The van der Waals surface area contributed by atoms with E-state index in [0.29, 0.717) is 17.0 Å². The first-order chi connectivity index (χ1) is 17.8. The van der Waals surface area contributed by atoms with Crippen LogP contribution in [0.25, 0.3) is 0 Å². The van der Waals surface area contributed by atoms with E-state index in [-0.39, 0.29) is 5.56 Å². The Balaban J connectivity index is 1.61. The Morgan fingerprint density at radius 3 is 2.08 bits per heavy atom. The summed E-state index contributed by atoms with van der Waals surface area (Å²) in [6.45, 7) is 0. The predicted octanol–water partition coefficient (Wildman–Crippen LogP) is 7.48. The maximum absolute atomic E-state index is 14.5. The summed E-state index contributed by atoms with van der Waals surface area (Å²) in [4.78, 5) is 23.7. The SMILES string of the molecule is CSc1c(F)cc(NC(=O)NC(c2ccc(C(=O)O)cc2)c2ccc(C3CCCCC3)cc2)c(F)c1F. The van der Waals surface area contributed by atoms with Crippen LogP contribution in [-0.2, 0) is 0 Å². The summed E-state index contributed by atoms with van der Waals surface area (Å²) < 4.78 is 42.8. The lowest BCUT2D eigenvalue weighted by Gasteiger charge is -2.24. The molecule has 1 aliphatic carbocycles. The standard InChI is InChI=1S/C28H27F3N2O3S/c1-37-26-21(29)15-22(23(30)24(26)31)32-28(36)33-25(19-11-13-20(14-12-19)27(34)35)18-9-7-17(8-10-18)16-5-3-2-4-6-16/h7-16,25H,2-6H2,1H3,(H,34,35)(H2,32,33,36). The molecule has 1 aliphatic rings. The van der Waals surface area contributed by atoms with Gasteiger partial charge in [0.25, 0.3) is 0 Å². The molecule has 0 heterocycles. The van der Waals surface area contributed by atoms with Gasteiger partial charge in [-0.3, -0.25) is 0 Å². The van der Waals surface area contributed by atoms with Crippen molar-refractivity contribution in [3.8, 4) is 0 Å². The van der Waals surface area contributed by atoms with E-state index in [2.05, 4.69) is 10.6 Å². The summed E-state index contributed by atoms with van der Waals surface area (Å²) in [6, 6.07) is 13.0. The van der Waals surface area contributed by atoms with Crippen LogP contribution in [0.5, 0.6) is 0 Å². The van der Waals surface area contributed by atoms with Crippen LogP contribution in [0.4, 0.5) is 23.7 Å². The third-order valence-corrected chi connectivity index (χ3v) is 7.46. The van der Waals surface area contributed by atoms with E-state index in [0.717, 1.165) is 30.7 Å². The third kappa shape index (κ3) is 6.10. The molecule has 9 heteroatoms. The molecule has 1 unspecified atom stereocenters. The van der Waals surface area contributed by atoms with Crippen LogP contribution < -0.4 is 10.6 Å². The number of amides is 2. The van der Waals surface area contributed by atoms with E-state index >= 15 is 0 Å². The predicted molar refractivity (Wildman–Crippen MR) is 138 cm³/mol. The first kappa shape index (κ1) is 26.6. The van der Waals surface area contributed by atoms with Crippen molar-refractivity contribution < 1.29 is 27.9 Å². The van der Waals surface area contributed by atoms with E-state index in [1.54, 1.807) is 12.1 Å². The Bertz CT molecular complexity index is 1280. The molecule has 3 aromatic carbocycles. The van der Waals surface area contributed by atoms with Crippen LogP contribution in [0.15, 0.2) is 59.5 Å². The Morgan fingerprint density at radius 2 is 1.51 bits per heavy atom. The van der Waals surface area contributed by atoms with Crippen molar-refractivity contribution in [1.82, 2.24) is 5.32 Å². The summed E-state index contributed by atoms with van der Waals surface area (Å²) in [6.07, 6.45) is 7.32. The molecule has 37 heavy (non-hydrogen) atoms. The van der Waals surface area contributed by atoms with Crippen LogP contribution >= 0.6 is 11.8 Å². The number of benzene rings is 3. The average Bonchev–Trinajstić information content (AvgIpc) is 2.91. The molecule has 3 aromatic rings. The number of rotatable bonds is 7. The van der Waals surface area contributed by atoms with Gasteiger partial charge in [0.1, 0.15) is 5.82 Å². The Labute approximate surface area is 217 Å². The number of hydrogen-bond donors (Lipinski definition) is 3. The summed E-state index contributed by atoms with van der Waals surface area (Å²) in [5.41, 5.74) is 1.98. The van der Waals surface area contributed by atoms with Gasteiger partial charge in [0.05, 0.1) is 22.2 Å². The minimum absolute atomic E-state index is 0.0847.